The molecule has 102 valence electrons. The first-order valence-electron chi connectivity index (χ1n) is 6.18. The number of carboxylic acids is 2. The minimum atomic E-state index is -0.784. The number of hydrogen-bond acceptors (Lipinski definition) is 3. The van der Waals surface area contributed by atoms with Gasteiger partial charge in [-0.15, -0.1) is 0 Å². The van der Waals surface area contributed by atoms with Crippen molar-refractivity contribution in [3.8, 4) is 0 Å². The fraction of sp³-hybridized carbons (Fsp3) is 0.833. The van der Waals surface area contributed by atoms with Crippen LogP contribution in [0, 0.1) is 0 Å². The van der Waals surface area contributed by atoms with Crippen LogP contribution in [0.5, 0.6) is 0 Å². The van der Waals surface area contributed by atoms with Gasteiger partial charge in [-0.3, -0.25) is 9.59 Å². The van der Waals surface area contributed by atoms with Crippen molar-refractivity contribution in [2.45, 2.75) is 58.3 Å². The summed E-state index contributed by atoms with van der Waals surface area (Å²) in [7, 11) is 0. The van der Waals surface area contributed by atoms with Crippen molar-refractivity contribution in [2.24, 2.45) is 5.73 Å². The Balaban J connectivity index is 0. The molecule has 0 saturated carbocycles. The van der Waals surface area contributed by atoms with E-state index in [1.165, 1.54) is 12.8 Å². The Hall–Kier alpha value is -1.10. The van der Waals surface area contributed by atoms with Gasteiger partial charge in [0.2, 0.25) is 0 Å². The molecule has 0 aromatic rings. The number of aliphatic carboxylic acids is 2. The van der Waals surface area contributed by atoms with Crippen LogP contribution in [0.25, 0.3) is 0 Å². The molecule has 5 heteroatoms. The van der Waals surface area contributed by atoms with Gasteiger partial charge < -0.3 is 15.9 Å². The normalized spacial score (nSPS) is 9.29. The molecule has 0 fully saturated rings. The summed E-state index contributed by atoms with van der Waals surface area (Å²) in [6.45, 7) is 2.98. The molecule has 0 aliphatic carbocycles. The summed E-state index contributed by atoms with van der Waals surface area (Å²) in [5, 5.41) is 16.5. The molecule has 0 aliphatic heterocycles. The van der Waals surface area contributed by atoms with E-state index in [-0.39, 0.29) is 12.8 Å². The fourth-order valence-corrected chi connectivity index (χ4v) is 1.11. The molecule has 0 bridgehead atoms. The molecule has 0 spiro atoms. The number of unbranched alkanes of at least 4 members (excludes halogenated alkanes) is 4. The van der Waals surface area contributed by atoms with Crippen LogP contribution in [0.1, 0.15) is 58.3 Å². The van der Waals surface area contributed by atoms with E-state index in [1.54, 1.807) is 0 Å². The maximum atomic E-state index is 10.0. The summed E-state index contributed by atoms with van der Waals surface area (Å²) in [5.74, 6) is -1.57. The monoisotopic (exact) mass is 247 g/mol. The van der Waals surface area contributed by atoms with E-state index in [2.05, 4.69) is 6.92 Å². The predicted octanol–water partition coefficient (Wildman–Crippen LogP) is 2.24. The molecular formula is C12H25NO4. The topological polar surface area (TPSA) is 101 Å². The summed E-state index contributed by atoms with van der Waals surface area (Å²) >= 11 is 0. The Bertz CT molecular complexity index is 175. The van der Waals surface area contributed by atoms with Crippen LogP contribution in [-0.4, -0.2) is 28.7 Å². The van der Waals surface area contributed by atoms with Gasteiger partial charge in [0.25, 0.3) is 0 Å². The van der Waals surface area contributed by atoms with Gasteiger partial charge in [0.1, 0.15) is 0 Å². The number of nitrogens with two attached hydrogens (primary N) is 1. The summed E-state index contributed by atoms with van der Waals surface area (Å²) in [4.78, 5) is 20.1. The molecule has 0 unspecified atom stereocenters. The van der Waals surface area contributed by atoms with E-state index in [9.17, 15) is 9.59 Å². The minimum Gasteiger partial charge on any atom is -0.481 e. The predicted molar refractivity (Wildman–Crippen MR) is 66.9 cm³/mol. The molecular weight excluding hydrogens is 222 g/mol. The molecule has 5 nitrogen and oxygen atoms in total. The highest BCUT2D eigenvalue weighted by Gasteiger charge is 1.98. The van der Waals surface area contributed by atoms with E-state index in [0.29, 0.717) is 12.8 Å². The molecule has 0 saturated heterocycles. The average Bonchev–Trinajstić information content (AvgIpc) is 2.24. The summed E-state index contributed by atoms with van der Waals surface area (Å²) in [5.41, 5.74) is 5.14. The highest BCUT2D eigenvalue weighted by molar-refractivity contribution is 5.66. The first-order valence-corrected chi connectivity index (χ1v) is 6.18. The third kappa shape index (κ3) is 25.3. The molecule has 4 N–H and O–H groups in total. The van der Waals surface area contributed by atoms with E-state index >= 15 is 0 Å². The molecule has 0 radical (unpaired) electrons. The van der Waals surface area contributed by atoms with Crippen LogP contribution in [-0.2, 0) is 9.59 Å². The Kier molecular flexibility index (Phi) is 16.0. The lowest BCUT2D eigenvalue weighted by molar-refractivity contribution is -0.138. The van der Waals surface area contributed by atoms with Crippen LogP contribution >= 0.6 is 0 Å². The summed E-state index contributed by atoms with van der Waals surface area (Å²) in [6, 6.07) is 0. The van der Waals surface area contributed by atoms with Gasteiger partial charge in [-0.1, -0.05) is 26.2 Å². The minimum absolute atomic E-state index is 0.188. The number of hydrogen-bond donors (Lipinski definition) is 3. The Morgan fingerprint density at radius 2 is 1.29 bits per heavy atom. The second kappa shape index (κ2) is 14.9. The van der Waals surface area contributed by atoms with Gasteiger partial charge in [-0.2, -0.15) is 0 Å². The molecule has 0 aliphatic rings. The van der Waals surface area contributed by atoms with E-state index < -0.39 is 11.9 Å². The summed E-state index contributed by atoms with van der Waals surface area (Å²) < 4.78 is 0. The molecule has 0 aromatic carbocycles. The van der Waals surface area contributed by atoms with Gasteiger partial charge in [-0.25, -0.2) is 0 Å². The van der Waals surface area contributed by atoms with Crippen LogP contribution in [0.3, 0.4) is 0 Å². The smallest absolute Gasteiger partial charge is 0.303 e. The lowest BCUT2D eigenvalue weighted by Gasteiger charge is -1.96. The average molecular weight is 247 g/mol. The Labute approximate surface area is 103 Å². The van der Waals surface area contributed by atoms with Crippen LogP contribution in [0.15, 0.2) is 0 Å². The summed E-state index contributed by atoms with van der Waals surface area (Å²) in [6.07, 6.45) is 5.67. The van der Waals surface area contributed by atoms with Gasteiger partial charge in [0, 0.05) is 12.8 Å². The van der Waals surface area contributed by atoms with Crippen LogP contribution in [0.4, 0.5) is 0 Å². The second-order valence-electron chi connectivity index (χ2n) is 3.84. The van der Waals surface area contributed by atoms with Crippen molar-refractivity contribution in [1.29, 1.82) is 0 Å². The molecule has 0 heterocycles. The Morgan fingerprint density at radius 3 is 1.47 bits per heavy atom. The van der Waals surface area contributed by atoms with Gasteiger partial charge in [-0.05, 0) is 25.8 Å². The molecule has 0 aromatic heterocycles. The number of carboxylic acid groups (broad SMARTS) is 2. The molecule has 0 rings (SSSR count). The van der Waals surface area contributed by atoms with E-state index in [1.807, 2.05) is 0 Å². The van der Waals surface area contributed by atoms with E-state index in [0.717, 1.165) is 19.4 Å². The largest absolute Gasteiger partial charge is 0.481 e. The van der Waals surface area contributed by atoms with Crippen molar-refractivity contribution in [1.82, 2.24) is 0 Å². The van der Waals surface area contributed by atoms with Crippen molar-refractivity contribution >= 4 is 11.9 Å². The van der Waals surface area contributed by atoms with Crippen molar-refractivity contribution in [2.75, 3.05) is 6.54 Å². The zero-order chi connectivity index (χ0) is 13.5. The zero-order valence-electron chi connectivity index (χ0n) is 10.7. The third-order valence-electron chi connectivity index (χ3n) is 2.09. The maximum absolute atomic E-state index is 10.0. The second-order valence-corrected chi connectivity index (χ2v) is 3.84. The maximum Gasteiger partial charge on any atom is 0.303 e. The highest BCUT2D eigenvalue weighted by Crippen LogP contribution is 2.04. The Morgan fingerprint density at radius 1 is 0.882 bits per heavy atom. The standard InChI is InChI=1S/C8H14O4.C4H11N/c9-7(10)5-3-1-2-4-6-8(11)12;1-2-3-4-5/h1-6H2,(H,9,10)(H,11,12);2-5H2,1H3. The third-order valence-corrected chi connectivity index (χ3v) is 2.09. The number of rotatable bonds is 9. The van der Waals surface area contributed by atoms with Crippen molar-refractivity contribution in [3.05, 3.63) is 0 Å². The quantitative estimate of drug-likeness (QED) is 0.542. The zero-order valence-corrected chi connectivity index (χ0v) is 10.7. The fourth-order valence-electron chi connectivity index (χ4n) is 1.11. The van der Waals surface area contributed by atoms with Gasteiger partial charge >= 0.3 is 11.9 Å². The number of carbonyl (C=O) groups is 2. The molecule has 0 amide bonds. The SMILES string of the molecule is CCCCN.O=C(O)CCCCCCC(=O)O. The van der Waals surface area contributed by atoms with Gasteiger partial charge in [0.05, 0.1) is 0 Å². The highest BCUT2D eigenvalue weighted by atomic mass is 16.4. The van der Waals surface area contributed by atoms with E-state index in [4.69, 9.17) is 15.9 Å². The lowest BCUT2D eigenvalue weighted by Crippen LogP contribution is -1.95. The van der Waals surface area contributed by atoms with Crippen LogP contribution < -0.4 is 5.73 Å². The molecule has 0 atom stereocenters. The molecule has 17 heavy (non-hydrogen) atoms. The first-order chi connectivity index (χ1) is 8.04. The first kappa shape index (κ1) is 18.3. The van der Waals surface area contributed by atoms with Crippen molar-refractivity contribution < 1.29 is 19.8 Å². The van der Waals surface area contributed by atoms with Crippen LogP contribution in [0.2, 0.25) is 0 Å². The lowest BCUT2D eigenvalue weighted by atomic mass is 10.1. The van der Waals surface area contributed by atoms with Crippen molar-refractivity contribution in [3.63, 3.8) is 0 Å². The van der Waals surface area contributed by atoms with Gasteiger partial charge in [0.15, 0.2) is 0 Å².